The lowest BCUT2D eigenvalue weighted by Gasteiger charge is -2.33. The molecule has 0 radical (unpaired) electrons. The molecule has 1 saturated heterocycles. The number of hydrogen-bond acceptors (Lipinski definition) is 5. The fourth-order valence-corrected chi connectivity index (χ4v) is 6.56. The summed E-state index contributed by atoms with van der Waals surface area (Å²) >= 11 is 0. The quantitative estimate of drug-likeness (QED) is 0.229. The van der Waals surface area contributed by atoms with Gasteiger partial charge in [0.2, 0.25) is 0 Å². The number of fused-ring (bicyclic) bond motifs is 2. The third-order valence-corrected chi connectivity index (χ3v) is 8.99. The van der Waals surface area contributed by atoms with Crippen molar-refractivity contribution in [2.24, 2.45) is 0 Å². The number of benzene rings is 4. The highest BCUT2D eigenvalue weighted by molar-refractivity contribution is 6.07. The van der Waals surface area contributed by atoms with E-state index in [1.165, 1.54) is 5.56 Å². The van der Waals surface area contributed by atoms with Crippen molar-refractivity contribution in [3.8, 4) is 16.9 Å². The number of para-hydroxylation sites is 2. The summed E-state index contributed by atoms with van der Waals surface area (Å²) in [4.78, 5) is 31.8. The number of anilines is 1. The van der Waals surface area contributed by atoms with Crippen molar-refractivity contribution in [2.75, 3.05) is 38.3 Å². The lowest BCUT2D eigenvalue weighted by molar-refractivity contribution is -0.0293. The second-order valence-corrected chi connectivity index (χ2v) is 12.0. The number of amides is 2. The van der Waals surface area contributed by atoms with Crippen LogP contribution in [0.3, 0.4) is 0 Å². The van der Waals surface area contributed by atoms with E-state index in [0.717, 1.165) is 53.5 Å². The van der Waals surface area contributed by atoms with Crippen molar-refractivity contribution in [3.63, 3.8) is 0 Å². The molecular formula is C39H38N4O4. The third-order valence-electron chi connectivity index (χ3n) is 8.99. The molecule has 4 aromatic carbocycles. The molecule has 1 unspecified atom stereocenters. The van der Waals surface area contributed by atoms with E-state index in [1.54, 1.807) is 7.11 Å². The monoisotopic (exact) mass is 626 g/mol. The minimum Gasteiger partial charge on any atom is -0.496 e. The van der Waals surface area contributed by atoms with Crippen LogP contribution in [0.15, 0.2) is 115 Å². The Balaban J connectivity index is 1.06. The molecule has 0 aliphatic carbocycles. The van der Waals surface area contributed by atoms with Crippen LogP contribution in [0.25, 0.3) is 11.1 Å². The molecule has 0 bridgehead atoms. The normalized spacial score (nSPS) is 16.1. The first-order chi connectivity index (χ1) is 23.1. The van der Waals surface area contributed by atoms with Crippen LogP contribution in [0.4, 0.5) is 5.69 Å². The Morgan fingerprint density at radius 2 is 1.62 bits per heavy atom. The average molecular weight is 627 g/mol. The molecule has 2 aliphatic heterocycles. The molecule has 7 rings (SSSR count). The molecular weight excluding hydrogens is 588 g/mol. The SMILES string of the molecule is COc1ccccc1-c1ccc(C(=O)N2Cc3ccc(C(=O)NCC4CN(Cc5ccccc5)CCO4)n3Cc3ccccc32)cc1. The topological polar surface area (TPSA) is 76.0 Å². The second-order valence-electron chi connectivity index (χ2n) is 12.0. The number of nitrogens with one attached hydrogen (secondary N) is 1. The summed E-state index contributed by atoms with van der Waals surface area (Å²) < 4.78 is 13.6. The van der Waals surface area contributed by atoms with Gasteiger partial charge in [-0.2, -0.15) is 0 Å². The summed E-state index contributed by atoms with van der Waals surface area (Å²) in [5, 5.41) is 3.12. The summed E-state index contributed by atoms with van der Waals surface area (Å²) in [5.41, 5.74) is 7.09. The zero-order chi connectivity index (χ0) is 32.2. The van der Waals surface area contributed by atoms with Gasteiger partial charge < -0.3 is 24.3 Å². The first-order valence-corrected chi connectivity index (χ1v) is 16.0. The maximum absolute atomic E-state index is 14.1. The molecule has 3 heterocycles. The molecule has 8 nitrogen and oxygen atoms in total. The Morgan fingerprint density at radius 3 is 2.45 bits per heavy atom. The summed E-state index contributed by atoms with van der Waals surface area (Å²) in [6.45, 7) is 4.38. The van der Waals surface area contributed by atoms with Crippen molar-refractivity contribution < 1.29 is 19.1 Å². The van der Waals surface area contributed by atoms with E-state index in [2.05, 4.69) is 34.5 Å². The van der Waals surface area contributed by atoms with Crippen LogP contribution in [0.1, 0.15) is 37.7 Å². The Labute approximate surface area is 275 Å². The standard InChI is InChI=1S/C39H38N4O4/c1-46-37-14-8-6-12-34(37)29-15-17-30(18-16-29)39(45)43-26-32-19-20-36(42(32)25-31-11-5-7-13-35(31)43)38(44)40-23-33-27-41(21-22-47-33)24-28-9-3-2-4-10-28/h2-20,33H,21-27H2,1H3,(H,40,44). The molecule has 5 aromatic rings. The Bertz CT molecular complexity index is 1870. The lowest BCUT2D eigenvalue weighted by atomic mass is 10.0. The van der Waals surface area contributed by atoms with E-state index in [-0.39, 0.29) is 17.9 Å². The highest BCUT2D eigenvalue weighted by Crippen LogP contribution is 2.32. The molecule has 2 amide bonds. The van der Waals surface area contributed by atoms with Crippen molar-refractivity contribution in [1.29, 1.82) is 0 Å². The number of methoxy groups -OCH3 is 1. The first-order valence-electron chi connectivity index (χ1n) is 16.0. The average Bonchev–Trinajstić information content (AvgIpc) is 3.44. The number of ether oxygens (including phenoxy) is 2. The van der Waals surface area contributed by atoms with Crippen molar-refractivity contribution in [3.05, 3.63) is 143 Å². The molecule has 0 spiro atoms. The van der Waals surface area contributed by atoms with E-state index >= 15 is 0 Å². The van der Waals surface area contributed by atoms with Crippen LogP contribution in [-0.4, -0.2) is 60.7 Å². The van der Waals surface area contributed by atoms with Crippen molar-refractivity contribution in [1.82, 2.24) is 14.8 Å². The minimum atomic E-state index is -0.149. The fourth-order valence-electron chi connectivity index (χ4n) is 6.56. The van der Waals surface area contributed by atoms with Gasteiger partial charge in [-0.3, -0.25) is 14.5 Å². The van der Waals surface area contributed by atoms with Gasteiger partial charge in [-0.15, -0.1) is 0 Å². The molecule has 47 heavy (non-hydrogen) atoms. The smallest absolute Gasteiger partial charge is 0.268 e. The van der Waals surface area contributed by atoms with Gasteiger partial charge in [0.15, 0.2) is 0 Å². The Morgan fingerprint density at radius 1 is 0.851 bits per heavy atom. The van der Waals surface area contributed by atoms with Gasteiger partial charge in [-0.25, -0.2) is 0 Å². The number of morpholine rings is 1. The van der Waals surface area contributed by atoms with Crippen LogP contribution in [-0.2, 0) is 24.4 Å². The summed E-state index contributed by atoms with van der Waals surface area (Å²) in [5.74, 6) is 0.535. The van der Waals surface area contributed by atoms with Gasteiger partial charge in [-0.05, 0) is 53.1 Å². The molecule has 0 saturated carbocycles. The van der Waals surface area contributed by atoms with Gasteiger partial charge in [-0.1, -0.05) is 78.9 Å². The fraction of sp³-hybridized carbons (Fsp3) is 0.231. The van der Waals surface area contributed by atoms with Crippen LogP contribution in [0.5, 0.6) is 5.75 Å². The maximum Gasteiger partial charge on any atom is 0.268 e. The zero-order valence-electron chi connectivity index (χ0n) is 26.5. The van der Waals surface area contributed by atoms with Crippen LogP contribution in [0, 0.1) is 0 Å². The van der Waals surface area contributed by atoms with Gasteiger partial charge in [0.25, 0.3) is 11.8 Å². The number of hydrogen-bond donors (Lipinski definition) is 1. The largest absolute Gasteiger partial charge is 0.496 e. The summed E-state index contributed by atoms with van der Waals surface area (Å²) in [6, 6.07) is 37.6. The summed E-state index contributed by atoms with van der Waals surface area (Å²) in [6.07, 6.45) is -0.0850. The third kappa shape index (κ3) is 6.56. The van der Waals surface area contributed by atoms with Crippen LogP contribution < -0.4 is 15.0 Å². The molecule has 1 aromatic heterocycles. The zero-order valence-corrected chi connectivity index (χ0v) is 26.5. The van der Waals surface area contributed by atoms with Gasteiger partial charge >= 0.3 is 0 Å². The van der Waals surface area contributed by atoms with Crippen LogP contribution in [0.2, 0.25) is 0 Å². The molecule has 1 atom stereocenters. The van der Waals surface area contributed by atoms with E-state index in [0.29, 0.717) is 37.5 Å². The van der Waals surface area contributed by atoms with Crippen molar-refractivity contribution in [2.45, 2.75) is 25.7 Å². The second kappa shape index (κ2) is 13.7. The number of rotatable bonds is 8. The maximum atomic E-state index is 14.1. The predicted octanol–water partition coefficient (Wildman–Crippen LogP) is 6.00. The van der Waals surface area contributed by atoms with Gasteiger partial charge in [0.05, 0.1) is 32.9 Å². The van der Waals surface area contributed by atoms with E-state index in [1.807, 2.05) is 100 Å². The summed E-state index contributed by atoms with van der Waals surface area (Å²) in [7, 11) is 1.66. The van der Waals surface area contributed by atoms with Crippen LogP contribution >= 0.6 is 0 Å². The number of nitrogens with zero attached hydrogens (tertiary/aromatic N) is 3. The van der Waals surface area contributed by atoms with Gasteiger partial charge in [0.1, 0.15) is 11.4 Å². The molecule has 238 valence electrons. The highest BCUT2D eigenvalue weighted by Gasteiger charge is 2.28. The minimum absolute atomic E-state index is 0.0850. The predicted molar refractivity (Wildman–Crippen MR) is 183 cm³/mol. The van der Waals surface area contributed by atoms with E-state index in [9.17, 15) is 9.59 Å². The first kappa shape index (κ1) is 30.5. The number of aromatic nitrogens is 1. The molecule has 1 N–H and O–H groups in total. The highest BCUT2D eigenvalue weighted by atomic mass is 16.5. The van der Waals surface area contributed by atoms with Crippen molar-refractivity contribution >= 4 is 17.5 Å². The Kier molecular flexibility index (Phi) is 8.86. The van der Waals surface area contributed by atoms with Gasteiger partial charge in [0, 0.05) is 48.7 Å². The van der Waals surface area contributed by atoms with E-state index in [4.69, 9.17) is 9.47 Å². The number of carbonyl (C=O) groups is 2. The molecule has 8 heteroatoms. The molecule has 1 fully saturated rings. The van der Waals surface area contributed by atoms with E-state index < -0.39 is 0 Å². The number of carbonyl (C=O) groups excluding carboxylic acids is 2. The lowest BCUT2D eigenvalue weighted by Crippen LogP contribution is -2.47. The molecule has 2 aliphatic rings. The Hall–Kier alpha value is -5.18.